The summed E-state index contributed by atoms with van der Waals surface area (Å²) in [6.07, 6.45) is 0. The normalized spacial score (nSPS) is 12.1. The Kier molecular flexibility index (Phi) is 3.38. The van der Waals surface area contributed by atoms with Crippen LogP contribution in [0.2, 0.25) is 0 Å². The van der Waals surface area contributed by atoms with E-state index in [9.17, 15) is 10.2 Å². The van der Waals surface area contributed by atoms with Crippen LogP contribution in [0.3, 0.4) is 0 Å². The SMILES string of the molecule is C/C(=C(/C)c1cc(O)cc(O)c1)c1ccccc1. The summed E-state index contributed by atoms with van der Waals surface area (Å²) in [5, 5.41) is 19.0. The van der Waals surface area contributed by atoms with Crippen LogP contribution in [0.5, 0.6) is 11.5 Å². The standard InChI is InChI=1S/C16H16O2/c1-11(13-6-4-3-5-7-13)12(2)14-8-15(17)10-16(18)9-14/h3-10,17-18H,1-2H3/b12-11+. The van der Waals surface area contributed by atoms with Crippen molar-refractivity contribution < 1.29 is 10.2 Å². The van der Waals surface area contributed by atoms with E-state index in [0.717, 1.165) is 22.3 Å². The number of rotatable bonds is 2. The summed E-state index contributed by atoms with van der Waals surface area (Å²) in [6, 6.07) is 14.7. The third kappa shape index (κ3) is 2.54. The Morgan fingerprint density at radius 1 is 0.722 bits per heavy atom. The lowest BCUT2D eigenvalue weighted by atomic mass is 9.97. The van der Waals surface area contributed by atoms with E-state index in [1.807, 2.05) is 44.2 Å². The van der Waals surface area contributed by atoms with Gasteiger partial charge < -0.3 is 10.2 Å². The molecule has 2 rings (SSSR count). The molecule has 0 atom stereocenters. The van der Waals surface area contributed by atoms with Crippen LogP contribution in [-0.4, -0.2) is 10.2 Å². The maximum absolute atomic E-state index is 9.51. The van der Waals surface area contributed by atoms with E-state index in [1.54, 1.807) is 12.1 Å². The molecule has 2 heteroatoms. The van der Waals surface area contributed by atoms with Crippen molar-refractivity contribution in [1.82, 2.24) is 0 Å². The molecule has 2 N–H and O–H groups in total. The molecule has 0 saturated carbocycles. The smallest absolute Gasteiger partial charge is 0.119 e. The third-order valence-electron chi connectivity index (χ3n) is 3.10. The number of hydrogen-bond acceptors (Lipinski definition) is 2. The highest BCUT2D eigenvalue weighted by atomic mass is 16.3. The van der Waals surface area contributed by atoms with E-state index in [2.05, 4.69) is 0 Å². The zero-order valence-electron chi connectivity index (χ0n) is 10.5. The van der Waals surface area contributed by atoms with E-state index in [1.165, 1.54) is 6.07 Å². The minimum atomic E-state index is 0.0743. The Hall–Kier alpha value is -2.22. The largest absolute Gasteiger partial charge is 0.508 e. The third-order valence-corrected chi connectivity index (χ3v) is 3.10. The second kappa shape index (κ2) is 4.96. The first kappa shape index (κ1) is 12.2. The summed E-state index contributed by atoms with van der Waals surface area (Å²) in [5.74, 6) is 0.149. The Balaban J connectivity index is 2.49. The van der Waals surface area contributed by atoms with Crippen LogP contribution in [0, 0.1) is 0 Å². The Morgan fingerprint density at radius 3 is 1.78 bits per heavy atom. The van der Waals surface area contributed by atoms with Gasteiger partial charge in [0.1, 0.15) is 11.5 Å². The second-order valence-electron chi connectivity index (χ2n) is 4.35. The molecule has 0 aliphatic heterocycles. The van der Waals surface area contributed by atoms with Gasteiger partial charge in [-0.05, 0) is 48.3 Å². The predicted molar refractivity (Wildman–Crippen MR) is 74.4 cm³/mol. The molecular weight excluding hydrogens is 224 g/mol. The molecule has 0 aliphatic carbocycles. The maximum Gasteiger partial charge on any atom is 0.119 e. The lowest BCUT2D eigenvalue weighted by molar-refractivity contribution is 0.450. The van der Waals surface area contributed by atoms with Crippen LogP contribution in [-0.2, 0) is 0 Å². The fraction of sp³-hybridized carbons (Fsp3) is 0.125. The highest BCUT2D eigenvalue weighted by Gasteiger charge is 2.05. The van der Waals surface area contributed by atoms with E-state index in [4.69, 9.17) is 0 Å². The van der Waals surface area contributed by atoms with Gasteiger partial charge in [-0.25, -0.2) is 0 Å². The number of phenolic OH excluding ortho intramolecular Hbond substituents is 2. The molecule has 2 aromatic carbocycles. The van der Waals surface area contributed by atoms with Gasteiger partial charge in [0, 0.05) is 6.07 Å². The van der Waals surface area contributed by atoms with E-state index in [-0.39, 0.29) is 11.5 Å². The Bertz CT molecular complexity index is 563. The highest BCUT2D eigenvalue weighted by Crippen LogP contribution is 2.30. The van der Waals surface area contributed by atoms with Crippen LogP contribution in [0.15, 0.2) is 48.5 Å². The van der Waals surface area contributed by atoms with Gasteiger partial charge in [-0.2, -0.15) is 0 Å². The zero-order valence-corrected chi connectivity index (χ0v) is 10.5. The fourth-order valence-electron chi connectivity index (χ4n) is 1.93. The Labute approximate surface area is 107 Å². The zero-order chi connectivity index (χ0) is 13.1. The molecule has 18 heavy (non-hydrogen) atoms. The highest BCUT2D eigenvalue weighted by molar-refractivity contribution is 5.89. The predicted octanol–water partition coefficient (Wildman–Crippen LogP) is 4.05. The molecule has 92 valence electrons. The van der Waals surface area contributed by atoms with Crippen molar-refractivity contribution in [3.05, 3.63) is 59.7 Å². The molecular formula is C16H16O2. The van der Waals surface area contributed by atoms with Crippen molar-refractivity contribution in [3.8, 4) is 11.5 Å². The van der Waals surface area contributed by atoms with Crippen molar-refractivity contribution in [1.29, 1.82) is 0 Å². The van der Waals surface area contributed by atoms with Gasteiger partial charge in [-0.1, -0.05) is 30.3 Å². The molecule has 0 radical (unpaired) electrons. The van der Waals surface area contributed by atoms with Crippen molar-refractivity contribution in [2.45, 2.75) is 13.8 Å². The summed E-state index contributed by atoms with van der Waals surface area (Å²) in [7, 11) is 0. The molecule has 0 fully saturated rings. The monoisotopic (exact) mass is 240 g/mol. The number of benzene rings is 2. The van der Waals surface area contributed by atoms with Crippen LogP contribution in [0.25, 0.3) is 11.1 Å². The molecule has 0 aliphatic rings. The molecule has 0 unspecified atom stereocenters. The van der Waals surface area contributed by atoms with Crippen LogP contribution < -0.4 is 0 Å². The summed E-state index contributed by atoms with van der Waals surface area (Å²) < 4.78 is 0. The van der Waals surface area contributed by atoms with Crippen LogP contribution in [0.1, 0.15) is 25.0 Å². The minimum absolute atomic E-state index is 0.0743. The summed E-state index contributed by atoms with van der Waals surface area (Å²) in [4.78, 5) is 0. The average Bonchev–Trinajstić information content (AvgIpc) is 2.37. The average molecular weight is 240 g/mol. The quantitative estimate of drug-likeness (QED) is 0.777. The number of hydrogen-bond donors (Lipinski definition) is 2. The summed E-state index contributed by atoms with van der Waals surface area (Å²) >= 11 is 0. The van der Waals surface area contributed by atoms with Crippen LogP contribution in [0.4, 0.5) is 0 Å². The topological polar surface area (TPSA) is 40.5 Å². The van der Waals surface area contributed by atoms with Gasteiger partial charge in [0.15, 0.2) is 0 Å². The fourth-order valence-corrected chi connectivity index (χ4v) is 1.93. The first-order chi connectivity index (χ1) is 8.58. The van der Waals surface area contributed by atoms with E-state index < -0.39 is 0 Å². The molecule has 0 heterocycles. The van der Waals surface area contributed by atoms with Crippen molar-refractivity contribution in [3.63, 3.8) is 0 Å². The van der Waals surface area contributed by atoms with Crippen molar-refractivity contribution in [2.75, 3.05) is 0 Å². The number of allylic oxidation sites excluding steroid dienone is 2. The van der Waals surface area contributed by atoms with Gasteiger partial charge in [0.2, 0.25) is 0 Å². The van der Waals surface area contributed by atoms with Crippen molar-refractivity contribution in [2.24, 2.45) is 0 Å². The molecule has 2 nitrogen and oxygen atoms in total. The van der Waals surface area contributed by atoms with Gasteiger partial charge in [-0.3, -0.25) is 0 Å². The number of aromatic hydroxyl groups is 2. The number of phenols is 2. The molecule has 0 bridgehead atoms. The molecule has 0 saturated heterocycles. The summed E-state index contributed by atoms with van der Waals surface area (Å²) in [6.45, 7) is 4.02. The van der Waals surface area contributed by atoms with E-state index in [0.29, 0.717) is 0 Å². The first-order valence-electron chi connectivity index (χ1n) is 5.84. The van der Waals surface area contributed by atoms with E-state index >= 15 is 0 Å². The lowest BCUT2D eigenvalue weighted by Crippen LogP contribution is -1.86. The second-order valence-corrected chi connectivity index (χ2v) is 4.35. The molecule has 0 aromatic heterocycles. The molecule has 0 spiro atoms. The lowest BCUT2D eigenvalue weighted by Gasteiger charge is -2.09. The van der Waals surface area contributed by atoms with Gasteiger partial charge in [-0.15, -0.1) is 0 Å². The van der Waals surface area contributed by atoms with Crippen molar-refractivity contribution >= 4 is 11.1 Å². The minimum Gasteiger partial charge on any atom is -0.508 e. The summed E-state index contributed by atoms with van der Waals surface area (Å²) in [5.41, 5.74) is 4.12. The first-order valence-corrected chi connectivity index (χ1v) is 5.84. The molecule has 2 aromatic rings. The van der Waals surface area contributed by atoms with Crippen LogP contribution >= 0.6 is 0 Å². The molecule has 0 amide bonds. The van der Waals surface area contributed by atoms with Gasteiger partial charge in [0.25, 0.3) is 0 Å². The Morgan fingerprint density at radius 2 is 1.22 bits per heavy atom. The van der Waals surface area contributed by atoms with Gasteiger partial charge >= 0.3 is 0 Å². The van der Waals surface area contributed by atoms with Gasteiger partial charge in [0.05, 0.1) is 0 Å². The maximum atomic E-state index is 9.51.